The van der Waals surface area contributed by atoms with Crippen LogP contribution in [0.4, 0.5) is 0 Å². The minimum Gasteiger partial charge on any atom is -0.411 e. The van der Waals surface area contributed by atoms with Gasteiger partial charge in [0.2, 0.25) is 0 Å². The van der Waals surface area contributed by atoms with Gasteiger partial charge in [-0.05, 0) is 25.7 Å². The average molecular weight is 363 g/mol. The molecule has 26 heavy (non-hydrogen) atoms. The highest BCUT2D eigenvalue weighted by molar-refractivity contribution is 6.02. The minimum absolute atomic E-state index is 0.761. The van der Waals surface area contributed by atoms with Gasteiger partial charge >= 0.3 is 0 Å². The van der Waals surface area contributed by atoms with E-state index in [9.17, 15) is 5.21 Å². The fraction of sp³-hybridized carbons (Fsp3) is 0.818. The van der Waals surface area contributed by atoms with Gasteiger partial charge in [-0.15, -0.1) is 0 Å². The second-order valence-electron chi connectivity index (χ2n) is 7.82. The molecular weight excluding hydrogens is 324 g/mol. The lowest BCUT2D eigenvalue weighted by molar-refractivity contribution is 0.316. The molecule has 0 bridgehead atoms. The van der Waals surface area contributed by atoms with Crippen molar-refractivity contribution in [1.29, 1.82) is 0 Å². The Morgan fingerprint density at radius 2 is 1.42 bits per heavy atom. The predicted octanol–water partition coefficient (Wildman–Crippen LogP) is 6.82. The molecule has 0 radical (unpaired) electrons. The van der Waals surface area contributed by atoms with Gasteiger partial charge in [0.15, 0.2) is 0 Å². The van der Waals surface area contributed by atoms with Crippen LogP contribution in [0.5, 0.6) is 0 Å². The fourth-order valence-corrected chi connectivity index (χ4v) is 3.98. The molecule has 0 aromatic carbocycles. The summed E-state index contributed by atoms with van der Waals surface area (Å²) in [5.41, 5.74) is 2.76. The van der Waals surface area contributed by atoms with Crippen LogP contribution in [-0.2, 0) is 12.8 Å². The van der Waals surface area contributed by atoms with Gasteiger partial charge in [-0.25, -0.2) is 0 Å². The van der Waals surface area contributed by atoms with Crippen molar-refractivity contribution in [3.05, 3.63) is 17.0 Å². The number of oxime groups is 1. The highest BCUT2D eigenvalue weighted by Crippen LogP contribution is 2.26. The van der Waals surface area contributed by atoms with E-state index in [4.69, 9.17) is 4.52 Å². The molecule has 0 saturated carbocycles. The van der Waals surface area contributed by atoms with Crippen LogP contribution in [0.3, 0.4) is 0 Å². The summed E-state index contributed by atoms with van der Waals surface area (Å²) in [7, 11) is 0. The lowest BCUT2D eigenvalue weighted by Crippen LogP contribution is -2.12. The maximum atomic E-state index is 9.18. The SMILES string of the molecule is CCCCCCCCCCCCCCCc1noc2c1C(=NO)CCC2. The fourth-order valence-electron chi connectivity index (χ4n) is 3.98. The summed E-state index contributed by atoms with van der Waals surface area (Å²) in [6.07, 6.45) is 21.4. The standard InChI is InChI=1S/C22H38N2O2/c1-2-3-4-5-6-7-8-9-10-11-12-13-14-16-20-22-19(23-25)17-15-18-21(22)26-24-20/h25H,2-18H2,1H3. The molecule has 1 heterocycles. The normalized spacial score (nSPS) is 15.5. The number of rotatable bonds is 14. The molecule has 1 aliphatic carbocycles. The van der Waals surface area contributed by atoms with Crippen LogP contribution >= 0.6 is 0 Å². The molecule has 0 saturated heterocycles. The molecule has 1 aromatic heterocycles. The van der Waals surface area contributed by atoms with Gasteiger partial charge in [0.1, 0.15) is 5.76 Å². The first-order valence-corrected chi connectivity index (χ1v) is 11.1. The first kappa shape index (κ1) is 21.0. The zero-order chi connectivity index (χ0) is 18.5. The zero-order valence-corrected chi connectivity index (χ0v) is 16.8. The molecule has 0 amide bonds. The summed E-state index contributed by atoms with van der Waals surface area (Å²) in [5, 5.41) is 16.9. The van der Waals surface area contributed by atoms with Crippen molar-refractivity contribution in [2.24, 2.45) is 5.16 Å². The van der Waals surface area contributed by atoms with E-state index in [1.807, 2.05) is 0 Å². The topological polar surface area (TPSA) is 58.6 Å². The smallest absolute Gasteiger partial charge is 0.146 e. The summed E-state index contributed by atoms with van der Waals surface area (Å²) in [4.78, 5) is 0. The van der Waals surface area contributed by atoms with E-state index >= 15 is 0 Å². The van der Waals surface area contributed by atoms with Gasteiger partial charge in [0, 0.05) is 6.42 Å². The molecule has 0 atom stereocenters. The molecule has 0 aliphatic heterocycles. The molecular formula is C22H38N2O2. The maximum Gasteiger partial charge on any atom is 0.146 e. The van der Waals surface area contributed by atoms with Crippen LogP contribution < -0.4 is 0 Å². The Balaban J connectivity index is 1.47. The predicted molar refractivity (Wildman–Crippen MR) is 107 cm³/mol. The van der Waals surface area contributed by atoms with Crippen molar-refractivity contribution in [2.45, 2.75) is 116 Å². The number of unbranched alkanes of at least 4 members (excludes halogenated alkanes) is 12. The number of nitrogens with zero attached hydrogens (tertiary/aromatic N) is 2. The Morgan fingerprint density at radius 3 is 2.00 bits per heavy atom. The van der Waals surface area contributed by atoms with Crippen LogP contribution in [0.15, 0.2) is 9.68 Å². The van der Waals surface area contributed by atoms with Crippen LogP contribution in [0.1, 0.15) is 120 Å². The Kier molecular flexibility index (Phi) is 10.4. The largest absolute Gasteiger partial charge is 0.411 e. The van der Waals surface area contributed by atoms with E-state index in [2.05, 4.69) is 17.2 Å². The van der Waals surface area contributed by atoms with Crippen molar-refractivity contribution in [2.75, 3.05) is 0 Å². The third-order valence-corrected chi connectivity index (χ3v) is 5.58. The first-order chi connectivity index (χ1) is 12.9. The summed E-state index contributed by atoms with van der Waals surface area (Å²) < 4.78 is 5.44. The van der Waals surface area contributed by atoms with Crippen molar-refractivity contribution in [3.8, 4) is 0 Å². The van der Waals surface area contributed by atoms with Crippen molar-refractivity contribution >= 4 is 5.71 Å². The molecule has 0 spiro atoms. The second-order valence-corrected chi connectivity index (χ2v) is 7.82. The van der Waals surface area contributed by atoms with Crippen molar-refractivity contribution in [1.82, 2.24) is 5.16 Å². The monoisotopic (exact) mass is 362 g/mol. The van der Waals surface area contributed by atoms with Crippen LogP contribution in [-0.4, -0.2) is 16.1 Å². The minimum atomic E-state index is 0.761. The van der Waals surface area contributed by atoms with Crippen molar-refractivity contribution in [3.63, 3.8) is 0 Å². The summed E-state index contributed by atoms with van der Waals surface area (Å²) in [6.45, 7) is 2.28. The molecule has 4 nitrogen and oxygen atoms in total. The van der Waals surface area contributed by atoms with Crippen LogP contribution in [0.25, 0.3) is 0 Å². The van der Waals surface area contributed by atoms with Gasteiger partial charge in [-0.3, -0.25) is 0 Å². The summed E-state index contributed by atoms with van der Waals surface area (Å²) in [5.74, 6) is 0.911. The summed E-state index contributed by atoms with van der Waals surface area (Å²) in [6, 6.07) is 0. The van der Waals surface area contributed by atoms with E-state index in [0.717, 1.165) is 54.8 Å². The van der Waals surface area contributed by atoms with E-state index in [0.29, 0.717) is 0 Å². The van der Waals surface area contributed by atoms with Gasteiger partial charge in [0.05, 0.1) is 17.0 Å². The number of hydrogen-bond acceptors (Lipinski definition) is 4. The highest BCUT2D eigenvalue weighted by atomic mass is 16.5. The Morgan fingerprint density at radius 1 is 0.846 bits per heavy atom. The van der Waals surface area contributed by atoms with E-state index in [-0.39, 0.29) is 0 Å². The maximum absolute atomic E-state index is 9.18. The zero-order valence-electron chi connectivity index (χ0n) is 16.8. The van der Waals surface area contributed by atoms with Crippen LogP contribution in [0.2, 0.25) is 0 Å². The van der Waals surface area contributed by atoms with Gasteiger partial charge in [0.25, 0.3) is 0 Å². The molecule has 4 heteroatoms. The Hall–Kier alpha value is -1.32. The van der Waals surface area contributed by atoms with E-state index < -0.39 is 0 Å². The van der Waals surface area contributed by atoms with Crippen molar-refractivity contribution < 1.29 is 9.73 Å². The van der Waals surface area contributed by atoms with Crippen LogP contribution in [0, 0.1) is 0 Å². The lowest BCUT2D eigenvalue weighted by atomic mass is 9.93. The van der Waals surface area contributed by atoms with Gasteiger partial charge < -0.3 is 9.73 Å². The van der Waals surface area contributed by atoms with Gasteiger partial charge in [-0.1, -0.05) is 94.3 Å². The number of hydrogen-bond donors (Lipinski definition) is 1. The van der Waals surface area contributed by atoms with E-state index in [1.54, 1.807) is 0 Å². The average Bonchev–Trinajstić information content (AvgIpc) is 3.09. The molecule has 1 aromatic rings. The molecule has 148 valence electrons. The van der Waals surface area contributed by atoms with Gasteiger partial charge in [-0.2, -0.15) is 0 Å². The molecule has 0 fully saturated rings. The number of aromatic nitrogens is 1. The quantitative estimate of drug-likeness (QED) is 0.224. The molecule has 1 N–H and O–H groups in total. The third kappa shape index (κ3) is 7.13. The van der Waals surface area contributed by atoms with E-state index in [1.165, 1.54) is 77.0 Å². The Bertz CT molecular complexity index is 522. The third-order valence-electron chi connectivity index (χ3n) is 5.58. The number of fused-ring (bicyclic) bond motifs is 1. The molecule has 2 rings (SSSR count). The first-order valence-electron chi connectivity index (χ1n) is 11.1. The number of aryl methyl sites for hydroxylation is 2. The molecule has 1 aliphatic rings. The Labute approximate surface area is 159 Å². The lowest BCUT2D eigenvalue weighted by Gasteiger charge is -2.11. The highest BCUT2D eigenvalue weighted by Gasteiger charge is 2.24. The summed E-state index contributed by atoms with van der Waals surface area (Å²) >= 11 is 0. The second kappa shape index (κ2) is 12.9. The molecule has 0 unspecified atom stereocenters.